The minimum atomic E-state index is -4.95. The summed E-state index contributed by atoms with van der Waals surface area (Å²) in [7, 11) is 0. The van der Waals surface area contributed by atoms with Gasteiger partial charge in [0.1, 0.15) is 22.5 Å². The molecule has 0 amide bonds. The van der Waals surface area contributed by atoms with Crippen molar-refractivity contribution in [1.82, 2.24) is 10.3 Å². The molecule has 0 saturated carbocycles. The molecule has 1 heterocycles. The van der Waals surface area contributed by atoms with E-state index in [9.17, 15) is 27.9 Å². The van der Waals surface area contributed by atoms with Crippen molar-refractivity contribution < 1.29 is 32.6 Å². The summed E-state index contributed by atoms with van der Waals surface area (Å²) in [5.41, 5.74) is 1.16. The van der Waals surface area contributed by atoms with E-state index in [2.05, 4.69) is 6.92 Å². The van der Waals surface area contributed by atoms with E-state index in [1.807, 2.05) is 35.6 Å². The van der Waals surface area contributed by atoms with E-state index in [4.69, 9.17) is 9.72 Å². The summed E-state index contributed by atoms with van der Waals surface area (Å²) in [4.78, 5) is 30.2. The quantitative estimate of drug-likeness (QED) is 0.129. The molecule has 42 heavy (non-hydrogen) atoms. The van der Waals surface area contributed by atoms with Gasteiger partial charge in [-0.1, -0.05) is 79.7 Å². The minimum Gasteiger partial charge on any atom is -0.493 e. The van der Waals surface area contributed by atoms with Gasteiger partial charge in [-0.05, 0) is 24.1 Å². The molecule has 0 aliphatic carbocycles. The van der Waals surface area contributed by atoms with Crippen molar-refractivity contribution in [3.63, 3.8) is 0 Å². The summed E-state index contributed by atoms with van der Waals surface area (Å²) in [5.74, 6) is -1.83. The number of ketones is 1. The number of carboxylic acid groups (broad SMARTS) is 1. The second kappa shape index (κ2) is 14.0. The Labute approximate surface area is 245 Å². The number of allylic oxidation sites excluding steroid dienone is 2. The summed E-state index contributed by atoms with van der Waals surface area (Å²) < 4.78 is 46.9. The van der Waals surface area contributed by atoms with Gasteiger partial charge in [0.2, 0.25) is 0 Å². The van der Waals surface area contributed by atoms with E-state index < -0.39 is 29.7 Å². The third kappa shape index (κ3) is 8.29. The molecule has 0 bridgehead atoms. The summed E-state index contributed by atoms with van der Waals surface area (Å²) >= 11 is 1.66. The monoisotopic (exact) mass is 594 g/mol. The highest BCUT2D eigenvalue weighted by Crippen LogP contribution is 2.29. The Balaban J connectivity index is 1.38. The Morgan fingerprint density at radius 1 is 1.00 bits per heavy atom. The number of benzene rings is 3. The van der Waals surface area contributed by atoms with Crippen LogP contribution in [0.2, 0.25) is 0 Å². The van der Waals surface area contributed by atoms with Crippen molar-refractivity contribution >= 4 is 23.1 Å². The van der Waals surface area contributed by atoms with Gasteiger partial charge in [-0.3, -0.25) is 4.79 Å². The van der Waals surface area contributed by atoms with Gasteiger partial charge in [0.15, 0.2) is 5.78 Å². The Morgan fingerprint density at radius 2 is 1.64 bits per heavy atom. The number of aliphatic carboxylic acids is 1. The van der Waals surface area contributed by atoms with Crippen LogP contribution in [0.1, 0.15) is 33.4 Å². The molecule has 0 radical (unpaired) electrons. The number of hydrogen-bond donors (Lipinski definition) is 2. The zero-order valence-electron chi connectivity index (χ0n) is 22.7. The van der Waals surface area contributed by atoms with Crippen LogP contribution in [-0.2, 0) is 24.1 Å². The fourth-order valence-electron chi connectivity index (χ4n) is 4.19. The molecule has 0 aliphatic rings. The number of ether oxygens (including phenoxy) is 1. The average Bonchev–Trinajstić information content (AvgIpc) is 3.40. The molecular formula is C32H29F3N2O4S. The van der Waals surface area contributed by atoms with Gasteiger partial charge in [-0.25, -0.2) is 9.78 Å². The lowest BCUT2D eigenvalue weighted by atomic mass is 10.0. The van der Waals surface area contributed by atoms with Gasteiger partial charge in [0.25, 0.3) is 0 Å². The highest BCUT2D eigenvalue weighted by atomic mass is 32.1. The van der Waals surface area contributed by atoms with Crippen molar-refractivity contribution in [1.29, 1.82) is 0 Å². The zero-order chi connectivity index (χ0) is 30.1. The molecule has 6 nitrogen and oxygen atoms in total. The van der Waals surface area contributed by atoms with Crippen LogP contribution in [-0.4, -0.2) is 40.7 Å². The number of nitrogens with one attached hydrogen (secondary N) is 1. The van der Waals surface area contributed by atoms with Gasteiger partial charge in [-0.15, -0.1) is 11.3 Å². The lowest BCUT2D eigenvalue weighted by molar-refractivity contribution is -0.140. The second-order valence-corrected chi connectivity index (χ2v) is 10.5. The Morgan fingerprint density at radius 3 is 2.24 bits per heavy atom. The minimum absolute atomic E-state index is 0.0563. The van der Waals surface area contributed by atoms with Crippen molar-refractivity contribution in [2.75, 3.05) is 6.61 Å². The van der Waals surface area contributed by atoms with Gasteiger partial charge in [0.05, 0.1) is 12.3 Å². The topological polar surface area (TPSA) is 88.5 Å². The highest BCUT2D eigenvalue weighted by molar-refractivity contribution is 7.15. The first-order valence-electron chi connectivity index (χ1n) is 13.3. The molecule has 10 heteroatoms. The van der Waals surface area contributed by atoms with Crippen LogP contribution >= 0.6 is 11.3 Å². The molecule has 1 aromatic heterocycles. The third-order valence-electron chi connectivity index (χ3n) is 6.36. The molecule has 1 atom stereocenters. The lowest BCUT2D eigenvalue weighted by Crippen LogP contribution is -2.42. The molecule has 0 fully saturated rings. The van der Waals surface area contributed by atoms with E-state index in [0.717, 1.165) is 22.7 Å². The molecule has 0 aliphatic heterocycles. The molecule has 218 valence electrons. The Hall–Kier alpha value is -4.44. The number of thiazole rings is 1. The first-order valence-corrected chi connectivity index (χ1v) is 14.1. The molecule has 3 aromatic carbocycles. The number of aryl methyl sites for hydroxylation is 1. The first-order chi connectivity index (χ1) is 20.1. The molecule has 0 saturated heterocycles. The standard InChI is InChI=1S/C32H29F3N2O4S/c1-2-28-25(37-30(42-28)23-11-7-4-8-12-23)17-18-41-24-15-13-21(14-16-24)19-26(31(39)40)36-29(32(33,34)35)20-27(38)22-9-5-3-6-10-22/h3-16,20,26,36H,2,17-19H2,1H3,(H,39,40)/b29-20+/t26-/m0/s1. The summed E-state index contributed by atoms with van der Waals surface area (Å²) in [5, 5.41) is 12.6. The van der Waals surface area contributed by atoms with Gasteiger partial charge in [0, 0.05) is 34.9 Å². The van der Waals surface area contributed by atoms with Crippen LogP contribution in [0.3, 0.4) is 0 Å². The van der Waals surface area contributed by atoms with Crippen molar-refractivity contribution in [2.45, 2.75) is 38.4 Å². The normalized spacial score (nSPS) is 12.5. The predicted octanol–water partition coefficient (Wildman–Crippen LogP) is 6.91. The highest BCUT2D eigenvalue weighted by Gasteiger charge is 2.37. The molecule has 4 aromatic rings. The Bertz CT molecular complexity index is 1520. The smallest absolute Gasteiger partial charge is 0.431 e. The first kappa shape index (κ1) is 30.5. The number of rotatable bonds is 13. The maximum atomic E-state index is 13.7. The molecule has 0 spiro atoms. The predicted molar refractivity (Wildman–Crippen MR) is 156 cm³/mol. The van der Waals surface area contributed by atoms with Gasteiger partial charge < -0.3 is 15.2 Å². The number of aromatic nitrogens is 1. The van der Waals surface area contributed by atoms with Crippen molar-refractivity contribution in [2.24, 2.45) is 0 Å². The van der Waals surface area contributed by atoms with E-state index in [1.165, 1.54) is 29.1 Å². The number of carbonyl (C=O) groups is 2. The van der Waals surface area contributed by atoms with Crippen LogP contribution in [0.25, 0.3) is 10.6 Å². The SMILES string of the molecule is CCc1sc(-c2ccccc2)nc1CCOc1ccc(C[C@H](N/C(=C/C(=O)c2ccccc2)C(F)(F)F)C(=O)O)cc1. The van der Waals surface area contributed by atoms with Crippen LogP contribution in [0.5, 0.6) is 5.75 Å². The third-order valence-corrected chi connectivity index (χ3v) is 7.65. The Kier molecular flexibility index (Phi) is 10.1. The molecule has 4 rings (SSSR count). The van der Waals surface area contributed by atoms with E-state index in [-0.39, 0.29) is 12.0 Å². The number of hydrogen-bond acceptors (Lipinski definition) is 6. The van der Waals surface area contributed by atoms with Gasteiger partial charge in [-0.2, -0.15) is 13.2 Å². The number of carbonyl (C=O) groups excluding carboxylic acids is 1. The summed E-state index contributed by atoms with van der Waals surface area (Å²) in [6.07, 6.45) is -3.35. The molecule has 2 N–H and O–H groups in total. The largest absolute Gasteiger partial charge is 0.493 e. The number of carboxylic acids is 1. The maximum Gasteiger partial charge on any atom is 0.431 e. The summed E-state index contributed by atoms with van der Waals surface area (Å²) in [6, 6.07) is 22.3. The molecule has 0 unspecified atom stereocenters. The van der Waals surface area contributed by atoms with Crippen LogP contribution in [0, 0.1) is 0 Å². The fourth-order valence-corrected chi connectivity index (χ4v) is 5.25. The number of nitrogens with zero attached hydrogens (tertiary/aromatic N) is 1. The van der Waals surface area contributed by atoms with Crippen LogP contribution in [0.4, 0.5) is 13.2 Å². The number of alkyl halides is 3. The second-order valence-electron chi connectivity index (χ2n) is 9.38. The zero-order valence-corrected chi connectivity index (χ0v) is 23.5. The van der Waals surface area contributed by atoms with E-state index in [1.54, 1.807) is 41.7 Å². The van der Waals surface area contributed by atoms with Crippen molar-refractivity contribution in [3.05, 3.63) is 118 Å². The molecular weight excluding hydrogens is 565 g/mol. The van der Waals surface area contributed by atoms with Gasteiger partial charge >= 0.3 is 12.1 Å². The average molecular weight is 595 g/mol. The lowest BCUT2D eigenvalue weighted by Gasteiger charge is -2.20. The van der Waals surface area contributed by atoms with E-state index in [0.29, 0.717) is 30.4 Å². The number of halogens is 3. The fraction of sp³-hybridized carbons (Fsp3) is 0.219. The maximum absolute atomic E-state index is 13.7. The van der Waals surface area contributed by atoms with E-state index >= 15 is 0 Å². The van der Waals surface area contributed by atoms with Crippen LogP contribution in [0.15, 0.2) is 96.7 Å². The van der Waals surface area contributed by atoms with Crippen LogP contribution < -0.4 is 10.1 Å². The summed E-state index contributed by atoms with van der Waals surface area (Å²) in [6.45, 7) is 2.46. The van der Waals surface area contributed by atoms with Crippen molar-refractivity contribution in [3.8, 4) is 16.3 Å².